The van der Waals surface area contributed by atoms with Gasteiger partial charge in [0.2, 0.25) is 5.91 Å². The Morgan fingerprint density at radius 2 is 2.05 bits per heavy atom. The van der Waals surface area contributed by atoms with Crippen LogP contribution in [0.15, 0.2) is 36.9 Å². The first kappa shape index (κ1) is 14.6. The van der Waals surface area contributed by atoms with Gasteiger partial charge in [-0.3, -0.25) is 4.79 Å². The van der Waals surface area contributed by atoms with Gasteiger partial charge in [-0.2, -0.15) is 0 Å². The SMILES string of the molecule is C=CCOc1ccc(CNCCNC(=O)C2CC2)cc1. The van der Waals surface area contributed by atoms with E-state index in [2.05, 4.69) is 17.2 Å². The molecule has 0 aliphatic heterocycles. The highest BCUT2D eigenvalue weighted by Gasteiger charge is 2.28. The number of nitrogens with one attached hydrogen (secondary N) is 2. The van der Waals surface area contributed by atoms with Gasteiger partial charge < -0.3 is 15.4 Å². The van der Waals surface area contributed by atoms with Gasteiger partial charge in [0.15, 0.2) is 0 Å². The number of hydrogen-bond donors (Lipinski definition) is 2. The highest BCUT2D eigenvalue weighted by molar-refractivity contribution is 5.80. The Morgan fingerprint density at radius 1 is 1.30 bits per heavy atom. The maximum absolute atomic E-state index is 11.4. The van der Waals surface area contributed by atoms with E-state index in [4.69, 9.17) is 4.74 Å². The summed E-state index contributed by atoms with van der Waals surface area (Å²) in [6, 6.07) is 7.98. The zero-order valence-corrected chi connectivity index (χ0v) is 11.7. The number of rotatable bonds is 9. The van der Waals surface area contributed by atoms with Gasteiger partial charge in [0.1, 0.15) is 12.4 Å². The van der Waals surface area contributed by atoms with Crippen molar-refractivity contribution in [3.05, 3.63) is 42.5 Å². The smallest absolute Gasteiger partial charge is 0.223 e. The van der Waals surface area contributed by atoms with E-state index in [9.17, 15) is 4.79 Å². The fourth-order valence-corrected chi connectivity index (χ4v) is 1.86. The molecule has 1 aromatic rings. The Labute approximate surface area is 120 Å². The lowest BCUT2D eigenvalue weighted by Crippen LogP contribution is -2.32. The third-order valence-corrected chi connectivity index (χ3v) is 3.17. The average molecular weight is 274 g/mol. The van der Waals surface area contributed by atoms with E-state index in [0.717, 1.165) is 31.7 Å². The third-order valence-electron chi connectivity index (χ3n) is 3.17. The molecular formula is C16H22N2O2. The fourth-order valence-electron chi connectivity index (χ4n) is 1.86. The fraction of sp³-hybridized carbons (Fsp3) is 0.438. The van der Waals surface area contributed by atoms with Crippen molar-refractivity contribution in [2.75, 3.05) is 19.7 Å². The van der Waals surface area contributed by atoms with E-state index < -0.39 is 0 Å². The molecule has 2 N–H and O–H groups in total. The van der Waals surface area contributed by atoms with Gasteiger partial charge in [-0.1, -0.05) is 24.8 Å². The van der Waals surface area contributed by atoms with Crippen LogP contribution < -0.4 is 15.4 Å². The van der Waals surface area contributed by atoms with Crippen molar-refractivity contribution in [3.63, 3.8) is 0 Å². The maximum atomic E-state index is 11.4. The summed E-state index contributed by atoms with van der Waals surface area (Å²) < 4.78 is 5.42. The predicted octanol–water partition coefficient (Wildman–Crippen LogP) is 1.87. The van der Waals surface area contributed by atoms with Crippen LogP contribution in [0.1, 0.15) is 18.4 Å². The molecule has 108 valence electrons. The molecule has 1 aliphatic carbocycles. The molecule has 2 rings (SSSR count). The number of ether oxygens (including phenoxy) is 1. The van der Waals surface area contributed by atoms with Crippen LogP contribution in [-0.4, -0.2) is 25.6 Å². The number of hydrogen-bond acceptors (Lipinski definition) is 3. The van der Waals surface area contributed by atoms with Gasteiger partial charge in [0.05, 0.1) is 0 Å². The van der Waals surface area contributed by atoms with Gasteiger partial charge in [0, 0.05) is 25.6 Å². The van der Waals surface area contributed by atoms with Crippen molar-refractivity contribution in [2.24, 2.45) is 5.92 Å². The summed E-state index contributed by atoms with van der Waals surface area (Å²) in [4.78, 5) is 11.4. The van der Waals surface area contributed by atoms with E-state index in [-0.39, 0.29) is 11.8 Å². The molecule has 0 aromatic heterocycles. The number of benzene rings is 1. The Balaban J connectivity index is 1.58. The molecule has 0 radical (unpaired) electrons. The van der Waals surface area contributed by atoms with Crippen molar-refractivity contribution in [1.29, 1.82) is 0 Å². The van der Waals surface area contributed by atoms with Gasteiger partial charge in [-0.25, -0.2) is 0 Å². The predicted molar refractivity (Wildman–Crippen MR) is 79.6 cm³/mol. The van der Waals surface area contributed by atoms with E-state index in [1.807, 2.05) is 24.3 Å². The van der Waals surface area contributed by atoms with Crippen LogP contribution >= 0.6 is 0 Å². The van der Waals surface area contributed by atoms with Crippen LogP contribution in [0.4, 0.5) is 0 Å². The Morgan fingerprint density at radius 3 is 2.70 bits per heavy atom. The molecule has 1 saturated carbocycles. The van der Waals surface area contributed by atoms with Crippen LogP contribution in [0.3, 0.4) is 0 Å². The molecule has 1 aliphatic rings. The first-order chi connectivity index (χ1) is 9.79. The monoisotopic (exact) mass is 274 g/mol. The number of carbonyl (C=O) groups excluding carboxylic acids is 1. The van der Waals surface area contributed by atoms with E-state index in [0.29, 0.717) is 13.2 Å². The van der Waals surface area contributed by atoms with Crippen molar-refractivity contribution in [1.82, 2.24) is 10.6 Å². The van der Waals surface area contributed by atoms with Crippen molar-refractivity contribution in [2.45, 2.75) is 19.4 Å². The van der Waals surface area contributed by atoms with Gasteiger partial charge in [-0.15, -0.1) is 0 Å². The second-order valence-corrected chi connectivity index (χ2v) is 4.99. The molecule has 0 saturated heterocycles. The second kappa shape index (κ2) is 7.70. The van der Waals surface area contributed by atoms with Crippen LogP contribution in [0.25, 0.3) is 0 Å². The molecule has 20 heavy (non-hydrogen) atoms. The van der Waals surface area contributed by atoms with E-state index in [1.54, 1.807) is 6.08 Å². The summed E-state index contributed by atoms with van der Waals surface area (Å²) in [6.45, 7) is 6.41. The van der Waals surface area contributed by atoms with Gasteiger partial charge >= 0.3 is 0 Å². The second-order valence-electron chi connectivity index (χ2n) is 4.99. The van der Waals surface area contributed by atoms with Gasteiger partial charge in [-0.05, 0) is 30.5 Å². The summed E-state index contributed by atoms with van der Waals surface area (Å²) in [6.07, 6.45) is 3.84. The molecule has 0 bridgehead atoms. The summed E-state index contributed by atoms with van der Waals surface area (Å²) in [7, 11) is 0. The molecule has 0 heterocycles. The Hall–Kier alpha value is -1.81. The normalized spacial score (nSPS) is 13.8. The van der Waals surface area contributed by atoms with Crippen molar-refractivity contribution < 1.29 is 9.53 Å². The first-order valence-electron chi connectivity index (χ1n) is 7.10. The van der Waals surface area contributed by atoms with E-state index >= 15 is 0 Å². The average Bonchev–Trinajstić information content (AvgIpc) is 3.30. The Kier molecular flexibility index (Phi) is 5.62. The lowest BCUT2D eigenvalue weighted by molar-refractivity contribution is -0.122. The van der Waals surface area contributed by atoms with Crippen LogP contribution in [0.5, 0.6) is 5.75 Å². The number of carbonyl (C=O) groups is 1. The zero-order chi connectivity index (χ0) is 14.2. The molecule has 4 nitrogen and oxygen atoms in total. The van der Waals surface area contributed by atoms with E-state index in [1.165, 1.54) is 5.56 Å². The third kappa shape index (κ3) is 5.05. The molecule has 1 amide bonds. The molecular weight excluding hydrogens is 252 g/mol. The van der Waals surface area contributed by atoms with Crippen molar-refractivity contribution in [3.8, 4) is 5.75 Å². The Bertz CT molecular complexity index is 438. The summed E-state index contributed by atoms with van der Waals surface area (Å²) in [5.74, 6) is 1.35. The first-order valence-corrected chi connectivity index (χ1v) is 7.10. The molecule has 1 aromatic carbocycles. The summed E-state index contributed by atoms with van der Waals surface area (Å²) in [5.41, 5.74) is 1.20. The van der Waals surface area contributed by atoms with Crippen molar-refractivity contribution >= 4 is 5.91 Å². The lowest BCUT2D eigenvalue weighted by atomic mass is 10.2. The minimum atomic E-state index is 0.204. The summed E-state index contributed by atoms with van der Waals surface area (Å²) in [5, 5.41) is 6.24. The quantitative estimate of drug-likeness (QED) is 0.534. The lowest BCUT2D eigenvalue weighted by Gasteiger charge is -2.08. The minimum Gasteiger partial charge on any atom is -0.490 e. The topological polar surface area (TPSA) is 50.4 Å². The van der Waals surface area contributed by atoms with Gasteiger partial charge in [0.25, 0.3) is 0 Å². The molecule has 0 spiro atoms. The number of amides is 1. The largest absolute Gasteiger partial charge is 0.490 e. The molecule has 0 atom stereocenters. The maximum Gasteiger partial charge on any atom is 0.223 e. The zero-order valence-electron chi connectivity index (χ0n) is 11.7. The molecule has 4 heteroatoms. The minimum absolute atomic E-state index is 0.204. The highest BCUT2D eigenvalue weighted by Crippen LogP contribution is 2.28. The molecule has 0 unspecified atom stereocenters. The molecule has 1 fully saturated rings. The van der Waals surface area contributed by atoms with Crippen LogP contribution in [0.2, 0.25) is 0 Å². The summed E-state index contributed by atoms with van der Waals surface area (Å²) >= 11 is 0. The van der Waals surface area contributed by atoms with Crippen LogP contribution in [-0.2, 0) is 11.3 Å². The standard InChI is InChI=1S/C16H22N2O2/c1-2-11-20-15-7-3-13(4-8-15)12-17-9-10-18-16(19)14-5-6-14/h2-4,7-8,14,17H,1,5-6,9-12H2,(H,18,19). The highest BCUT2D eigenvalue weighted by atomic mass is 16.5. The van der Waals surface area contributed by atoms with Crippen LogP contribution in [0, 0.1) is 5.92 Å².